The van der Waals surface area contributed by atoms with Gasteiger partial charge in [-0.3, -0.25) is 4.90 Å². The molecule has 1 aliphatic heterocycles. The fourth-order valence-corrected chi connectivity index (χ4v) is 4.09. The fraction of sp³-hybridized carbons (Fsp3) is 0.368. The zero-order chi connectivity index (χ0) is 15.8. The van der Waals surface area contributed by atoms with Crippen LogP contribution in [-0.4, -0.2) is 37.1 Å². The second-order valence-electron chi connectivity index (χ2n) is 6.42. The SMILES string of the molecule is Clc1cccc(N2CCN([C@H]3C[C@@H]3c3ccccc3)CC2)c1Cl. The van der Waals surface area contributed by atoms with E-state index in [2.05, 4.69) is 46.2 Å². The van der Waals surface area contributed by atoms with Gasteiger partial charge in [0.25, 0.3) is 0 Å². The predicted molar refractivity (Wildman–Crippen MR) is 97.8 cm³/mol. The molecule has 0 aromatic heterocycles. The van der Waals surface area contributed by atoms with Crippen LogP contribution in [0.25, 0.3) is 0 Å². The minimum absolute atomic E-state index is 0.637. The number of hydrogen-bond acceptors (Lipinski definition) is 2. The standard InChI is InChI=1S/C19H20Cl2N2/c20-16-7-4-8-17(19(16)21)22-9-11-23(12-10-22)18-13-15(18)14-5-2-1-3-6-14/h1-8,15,18H,9-13H2/t15-,18+/m1/s1. The molecule has 2 aliphatic rings. The Labute approximate surface area is 147 Å². The normalized spacial score (nSPS) is 24.7. The maximum Gasteiger partial charge on any atom is 0.0825 e. The highest BCUT2D eigenvalue weighted by Crippen LogP contribution is 2.45. The first-order valence-corrected chi connectivity index (χ1v) is 8.97. The largest absolute Gasteiger partial charge is 0.368 e. The summed E-state index contributed by atoms with van der Waals surface area (Å²) in [6, 6.07) is 17.5. The van der Waals surface area contributed by atoms with E-state index in [-0.39, 0.29) is 0 Å². The van der Waals surface area contributed by atoms with Crippen molar-refractivity contribution < 1.29 is 0 Å². The molecule has 0 spiro atoms. The van der Waals surface area contributed by atoms with E-state index < -0.39 is 0 Å². The summed E-state index contributed by atoms with van der Waals surface area (Å²) in [6.45, 7) is 4.21. The quantitative estimate of drug-likeness (QED) is 0.796. The van der Waals surface area contributed by atoms with Crippen molar-refractivity contribution in [3.8, 4) is 0 Å². The van der Waals surface area contributed by atoms with Gasteiger partial charge in [0.05, 0.1) is 15.7 Å². The van der Waals surface area contributed by atoms with E-state index in [4.69, 9.17) is 23.2 Å². The van der Waals surface area contributed by atoms with Crippen LogP contribution in [0, 0.1) is 0 Å². The van der Waals surface area contributed by atoms with Gasteiger partial charge >= 0.3 is 0 Å². The molecule has 2 atom stereocenters. The zero-order valence-electron chi connectivity index (χ0n) is 13.0. The van der Waals surface area contributed by atoms with Crippen LogP contribution in [-0.2, 0) is 0 Å². The zero-order valence-corrected chi connectivity index (χ0v) is 14.5. The van der Waals surface area contributed by atoms with Gasteiger partial charge in [0.1, 0.15) is 0 Å². The first-order chi connectivity index (χ1) is 11.2. The van der Waals surface area contributed by atoms with Gasteiger partial charge in [0.2, 0.25) is 0 Å². The van der Waals surface area contributed by atoms with Crippen LogP contribution in [0.3, 0.4) is 0 Å². The molecule has 1 saturated heterocycles. The molecule has 2 fully saturated rings. The van der Waals surface area contributed by atoms with Gasteiger partial charge in [-0.15, -0.1) is 0 Å². The van der Waals surface area contributed by atoms with Crippen LogP contribution in [0.5, 0.6) is 0 Å². The molecular weight excluding hydrogens is 327 g/mol. The van der Waals surface area contributed by atoms with Gasteiger partial charge in [-0.1, -0.05) is 59.6 Å². The summed E-state index contributed by atoms with van der Waals surface area (Å²) in [5, 5.41) is 1.31. The summed E-state index contributed by atoms with van der Waals surface area (Å²) < 4.78 is 0. The summed E-state index contributed by atoms with van der Waals surface area (Å²) in [5.41, 5.74) is 2.55. The maximum absolute atomic E-state index is 6.35. The molecule has 2 aromatic carbocycles. The van der Waals surface area contributed by atoms with Crippen LogP contribution >= 0.6 is 23.2 Å². The average molecular weight is 347 g/mol. The summed E-state index contributed by atoms with van der Waals surface area (Å²) >= 11 is 12.5. The van der Waals surface area contributed by atoms with Gasteiger partial charge in [-0.25, -0.2) is 0 Å². The maximum atomic E-state index is 6.35. The predicted octanol–water partition coefficient (Wildman–Crippen LogP) is 4.67. The number of benzene rings is 2. The molecule has 2 nitrogen and oxygen atoms in total. The second-order valence-corrected chi connectivity index (χ2v) is 7.20. The molecule has 23 heavy (non-hydrogen) atoms. The highest BCUT2D eigenvalue weighted by molar-refractivity contribution is 6.43. The topological polar surface area (TPSA) is 6.48 Å². The molecule has 4 rings (SSSR count). The van der Waals surface area contributed by atoms with E-state index in [0.717, 1.165) is 43.8 Å². The van der Waals surface area contributed by atoms with Gasteiger partial charge < -0.3 is 4.90 Å². The van der Waals surface area contributed by atoms with E-state index >= 15 is 0 Å². The van der Waals surface area contributed by atoms with Crippen LogP contribution in [0.2, 0.25) is 10.0 Å². The van der Waals surface area contributed by atoms with E-state index in [1.807, 2.05) is 12.1 Å². The van der Waals surface area contributed by atoms with Gasteiger partial charge in [-0.2, -0.15) is 0 Å². The van der Waals surface area contributed by atoms with Crippen molar-refractivity contribution in [2.24, 2.45) is 0 Å². The Morgan fingerprint density at radius 3 is 2.30 bits per heavy atom. The van der Waals surface area contributed by atoms with Crippen LogP contribution in [0.1, 0.15) is 17.9 Å². The molecule has 120 valence electrons. The number of hydrogen-bond donors (Lipinski definition) is 0. The molecule has 0 unspecified atom stereocenters. The van der Waals surface area contributed by atoms with Crippen LogP contribution < -0.4 is 4.90 Å². The molecule has 0 N–H and O–H groups in total. The average Bonchev–Trinajstić information content (AvgIpc) is 3.39. The molecular formula is C19H20Cl2N2. The van der Waals surface area contributed by atoms with Crippen molar-refractivity contribution in [3.05, 3.63) is 64.1 Å². The highest BCUT2D eigenvalue weighted by Gasteiger charge is 2.43. The van der Waals surface area contributed by atoms with Crippen molar-refractivity contribution in [1.29, 1.82) is 0 Å². The van der Waals surface area contributed by atoms with E-state index in [1.54, 1.807) is 0 Å². The number of rotatable bonds is 3. The Balaban J connectivity index is 1.38. The third-order valence-electron chi connectivity index (χ3n) is 5.04. The molecule has 1 saturated carbocycles. The minimum atomic E-state index is 0.637. The van der Waals surface area contributed by atoms with Crippen molar-refractivity contribution in [1.82, 2.24) is 4.90 Å². The van der Waals surface area contributed by atoms with Crippen molar-refractivity contribution in [2.45, 2.75) is 18.4 Å². The Morgan fingerprint density at radius 2 is 1.57 bits per heavy atom. The number of nitrogens with zero attached hydrogens (tertiary/aromatic N) is 2. The fourth-order valence-electron chi connectivity index (χ4n) is 3.67. The van der Waals surface area contributed by atoms with Crippen LogP contribution in [0.4, 0.5) is 5.69 Å². The smallest absolute Gasteiger partial charge is 0.0825 e. The molecule has 0 radical (unpaired) electrons. The van der Waals surface area contributed by atoms with Crippen molar-refractivity contribution >= 4 is 28.9 Å². The van der Waals surface area contributed by atoms with Crippen molar-refractivity contribution in [3.63, 3.8) is 0 Å². The van der Waals surface area contributed by atoms with E-state index in [1.165, 1.54) is 12.0 Å². The van der Waals surface area contributed by atoms with Gasteiger partial charge in [0, 0.05) is 38.1 Å². The highest BCUT2D eigenvalue weighted by atomic mass is 35.5. The lowest BCUT2D eigenvalue weighted by atomic mass is 10.1. The van der Waals surface area contributed by atoms with Crippen molar-refractivity contribution in [2.75, 3.05) is 31.1 Å². The molecule has 4 heteroatoms. The first kappa shape index (κ1) is 15.3. The number of halogens is 2. The molecule has 2 aromatic rings. The number of anilines is 1. The van der Waals surface area contributed by atoms with E-state index in [0.29, 0.717) is 10.0 Å². The van der Waals surface area contributed by atoms with Crippen LogP contribution in [0.15, 0.2) is 48.5 Å². The summed E-state index contributed by atoms with van der Waals surface area (Å²) in [6.07, 6.45) is 1.29. The monoisotopic (exact) mass is 346 g/mol. The molecule has 0 amide bonds. The molecule has 1 heterocycles. The minimum Gasteiger partial charge on any atom is -0.368 e. The first-order valence-electron chi connectivity index (χ1n) is 8.22. The third kappa shape index (κ3) is 3.08. The number of piperazine rings is 1. The summed E-state index contributed by atoms with van der Waals surface area (Å²) in [5.74, 6) is 0.720. The lowest BCUT2D eigenvalue weighted by Gasteiger charge is -2.37. The van der Waals surface area contributed by atoms with Gasteiger partial charge in [0.15, 0.2) is 0 Å². The Bertz CT molecular complexity index is 681. The Morgan fingerprint density at radius 1 is 0.826 bits per heavy atom. The van der Waals surface area contributed by atoms with Gasteiger partial charge in [-0.05, 0) is 24.1 Å². The summed E-state index contributed by atoms with van der Waals surface area (Å²) in [7, 11) is 0. The second kappa shape index (κ2) is 6.35. The third-order valence-corrected chi connectivity index (χ3v) is 5.85. The molecule has 1 aliphatic carbocycles. The Kier molecular flexibility index (Phi) is 4.23. The summed E-state index contributed by atoms with van der Waals surface area (Å²) in [4.78, 5) is 4.98. The lowest BCUT2D eigenvalue weighted by molar-refractivity contribution is 0.244. The lowest BCUT2D eigenvalue weighted by Crippen LogP contribution is -2.47. The molecule has 0 bridgehead atoms. The Hall–Kier alpha value is -1.22. The van der Waals surface area contributed by atoms with E-state index in [9.17, 15) is 0 Å².